The van der Waals surface area contributed by atoms with Crippen LogP contribution in [-0.2, 0) is 4.79 Å². The van der Waals surface area contributed by atoms with Crippen LogP contribution in [0.1, 0.15) is 23.8 Å². The summed E-state index contributed by atoms with van der Waals surface area (Å²) >= 11 is 1.70. The number of amides is 1. The smallest absolute Gasteiger partial charge is 0.224 e. The Balaban J connectivity index is 1.88. The van der Waals surface area contributed by atoms with Gasteiger partial charge in [-0.25, -0.2) is 4.98 Å². The van der Waals surface area contributed by atoms with Crippen molar-refractivity contribution in [3.63, 3.8) is 0 Å². The van der Waals surface area contributed by atoms with Gasteiger partial charge in [0.15, 0.2) is 0 Å². The minimum atomic E-state index is -0.0319. The van der Waals surface area contributed by atoms with E-state index < -0.39 is 0 Å². The summed E-state index contributed by atoms with van der Waals surface area (Å²) in [5.41, 5.74) is 1.03. The van der Waals surface area contributed by atoms with Crippen molar-refractivity contribution in [2.75, 3.05) is 6.54 Å². The number of benzene rings is 1. The predicted molar refractivity (Wildman–Crippen MR) is 87.4 cm³/mol. The monoisotopic (exact) mass is 298 g/mol. The lowest BCUT2D eigenvalue weighted by atomic mass is 9.82. The zero-order chi connectivity index (χ0) is 14.7. The third kappa shape index (κ3) is 2.90. The summed E-state index contributed by atoms with van der Waals surface area (Å²) in [6, 6.07) is 8.14. The fourth-order valence-corrected chi connectivity index (χ4v) is 3.88. The molecule has 1 N–H and O–H groups in total. The maximum atomic E-state index is 12.3. The van der Waals surface area contributed by atoms with E-state index >= 15 is 0 Å². The first kappa shape index (κ1) is 14.0. The van der Waals surface area contributed by atoms with Crippen molar-refractivity contribution in [1.82, 2.24) is 10.3 Å². The number of carbonyl (C=O) groups is 1. The van der Waals surface area contributed by atoms with E-state index in [-0.39, 0.29) is 17.7 Å². The maximum Gasteiger partial charge on any atom is 0.224 e. The Kier molecular flexibility index (Phi) is 4.15. The number of hydrogen-bond acceptors (Lipinski definition) is 3. The lowest BCUT2D eigenvalue weighted by Gasteiger charge is -2.25. The molecule has 2 aromatic rings. The SMILES string of the molecule is C=CCNC(=O)[C@@H]1CC=CC[C@@H]1c1nc2ccccc2s1. The number of thiazole rings is 1. The second-order valence-electron chi connectivity index (χ2n) is 5.21. The number of nitrogens with zero attached hydrogens (tertiary/aromatic N) is 1. The number of aromatic nitrogens is 1. The molecule has 1 aromatic heterocycles. The summed E-state index contributed by atoms with van der Waals surface area (Å²) in [6.07, 6.45) is 7.63. The first-order valence-corrected chi connectivity index (χ1v) is 8.00. The Morgan fingerprint density at radius 1 is 1.38 bits per heavy atom. The van der Waals surface area contributed by atoms with E-state index in [4.69, 9.17) is 4.98 Å². The Morgan fingerprint density at radius 3 is 3.00 bits per heavy atom. The van der Waals surface area contributed by atoms with Crippen LogP contribution < -0.4 is 5.32 Å². The highest BCUT2D eigenvalue weighted by atomic mass is 32.1. The van der Waals surface area contributed by atoms with E-state index in [1.165, 1.54) is 4.70 Å². The number of allylic oxidation sites excluding steroid dienone is 2. The van der Waals surface area contributed by atoms with Gasteiger partial charge < -0.3 is 5.32 Å². The summed E-state index contributed by atoms with van der Waals surface area (Å²) in [5.74, 6) is 0.247. The largest absolute Gasteiger partial charge is 0.352 e. The van der Waals surface area contributed by atoms with Crippen LogP contribution in [0.4, 0.5) is 0 Å². The van der Waals surface area contributed by atoms with Gasteiger partial charge >= 0.3 is 0 Å². The van der Waals surface area contributed by atoms with Crippen LogP contribution in [0.25, 0.3) is 10.2 Å². The highest BCUT2D eigenvalue weighted by Crippen LogP contribution is 2.38. The molecule has 0 bridgehead atoms. The number of fused-ring (bicyclic) bond motifs is 1. The van der Waals surface area contributed by atoms with Crippen molar-refractivity contribution < 1.29 is 4.79 Å². The molecule has 0 unspecified atom stereocenters. The predicted octanol–water partition coefficient (Wildman–Crippen LogP) is 3.65. The van der Waals surface area contributed by atoms with Gasteiger partial charge in [0, 0.05) is 12.5 Å². The Hall–Kier alpha value is -1.94. The third-order valence-electron chi connectivity index (χ3n) is 3.82. The molecule has 0 fully saturated rings. The van der Waals surface area contributed by atoms with Crippen molar-refractivity contribution in [2.45, 2.75) is 18.8 Å². The molecule has 1 amide bonds. The van der Waals surface area contributed by atoms with Gasteiger partial charge in [0.2, 0.25) is 5.91 Å². The summed E-state index contributed by atoms with van der Waals surface area (Å²) < 4.78 is 1.19. The summed E-state index contributed by atoms with van der Waals surface area (Å²) in [4.78, 5) is 17.1. The van der Waals surface area contributed by atoms with Crippen LogP contribution >= 0.6 is 11.3 Å². The zero-order valence-corrected chi connectivity index (χ0v) is 12.6. The highest BCUT2D eigenvalue weighted by Gasteiger charge is 2.31. The van der Waals surface area contributed by atoms with Gasteiger partial charge in [-0.05, 0) is 25.0 Å². The zero-order valence-electron chi connectivity index (χ0n) is 11.8. The Labute approximate surface area is 128 Å². The molecule has 0 saturated carbocycles. The molecule has 3 rings (SSSR count). The summed E-state index contributed by atoms with van der Waals surface area (Å²) in [6.45, 7) is 4.16. The van der Waals surface area contributed by atoms with Crippen molar-refractivity contribution in [3.8, 4) is 0 Å². The first-order valence-electron chi connectivity index (χ1n) is 7.18. The molecule has 1 aliphatic carbocycles. The van der Waals surface area contributed by atoms with E-state index in [0.717, 1.165) is 23.4 Å². The molecule has 0 aliphatic heterocycles. The third-order valence-corrected chi connectivity index (χ3v) is 4.99. The van der Waals surface area contributed by atoms with Crippen molar-refractivity contribution in [1.29, 1.82) is 0 Å². The number of para-hydroxylation sites is 1. The van der Waals surface area contributed by atoms with Crippen LogP contribution in [0.3, 0.4) is 0 Å². The number of rotatable bonds is 4. The molecule has 2 atom stereocenters. The minimum Gasteiger partial charge on any atom is -0.352 e. The highest BCUT2D eigenvalue weighted by molar-refractivity contribution is 7.18. The Bertz CT molecular complexity index is 656. The second-order valence-corrected chi connectivity index (χ2v) is 6.27. The fraction of sp³-hybridized carbons (Fsp3) is 0.294. The Morgan fingerprint density at radius 2 is 2.19 bits per heavy atom. The number of carbonyl (C=O) groups excluding carboxylic acids is 1. The van der Waals surface area contributed by atoms with Crippen molar-refractivity contribution >= 4 is 27.5 Å². The lowest BCUT2D eigenvalue weighted by Crippen LogP contribution is -2.35. The molecule has 0 spiro atoms. The van der Waals surface area contributed by atoms with Crippen LogP contribution in [-0.4, -0.2) is 17.4 Å². The van der Waals surface area contributed by atoms with Crippen molar-refractivity contribution in [3.05, 3.63) is 54.1 Å². The standard InChI is InChI=1S/C17H18N2OS/c1-2-11-18-16(20)12-7-3-4-8-13(12)17-19-14-9-5-6-10-15(14)21-17/h2-6,9-10,12-13H,1,7-8,11H2,(H,18,20)/t12-,13+/m1/s1. The molecular weight excluding hydrogens is 280 g/mol. The molecule has 1 heterocycles. The van der Waals surface area contributed by atoms with E-state index in [1.807, 2.05) is 18.2 Å². The van der Waals surface area contributed by atoms with E-state index in [0.29, 0.717) is 6.54 Å². The van der Waals surface area contributed by atoms with E-state index in [9.17, 15) is 4.79 Å². The fourth-order valence-electron chi connectivity index (χ4n) is 2.73. The molecule has 4 heteroatoms. The quantitative estimate of drug-likeness (QED) is 0.875. The molecule has 1 aliphatic rings. The van der Waals surface area contributed by atoms with Gasteiger partial charge in [0.25, 0.3) is 0 Å². The van der Waals surface area contributed by atoms with Gasteiger partial charge in [-0.2, -0.15) is 0 Å². The van der Waals surface area contributed by atoms with Gasteiger partial charge in [-0.1, -0.05) is 30.4 Å². The molecule has 0 radical (unpaired) electrons. The lowest BCUT2D eigenvalue weighted by molar-refractivity contribution is -0.125. The molecule has 108 valence electrons. The topological polar surface area (TPSA) is 42.0 Å². The van der Waals surface area contributed by atoms with Gasteiger partial charge in [-0.3, -0.25) is 4.79 Å². The normalized spacial score (nSPS) is 21.3. The molecule has 1 aromatic carbocycles. The van der Waals surface area contributed by atoms with Gasteiger partial charge in [-0.15, -0.1) is 17.9 Å². The maximum absolute atomic E-state index is 12.3. The average molecular weight is 298 g/mol. The number of hydrogen-bond donors (Lipinski definition) is 1. The van der Waals surface area contributed by atoms with Gasteiger partial charge in [0.1, 0.15) is 0 Å². The van der Waals surface area contributed by atoms with Crippen LogP contribution in [0.5, 0.6) is 0 Å². The minimum absolute atomic E-state index is 0.0319. The van der Waals surface area contributed by atoms with Crippen molar-refractivity contribution in [2.24, 2.45) is 5.92 Å². The summed E-state index contributed by atoms with van der Waals surface area (Å²) in [5, 5.41) is 3.99. The van der Waals surface area contributed by atoms with Crippen LogP contribution in [0, 0.1) is 5.92 Å². The van der Waals surface area contributed by atoms with Gasteiger partial charge in [0.05, 0.1) is 21.1 Å². The average Bonchev–Trinajstić information content (AvgIpc) is 2.96. The molecule has 21 heavy (non-hydrogen) atoms. The first-order chi connectivity index (χ1) is 10.3. The summed E-state index contributed by atoms with van der Waals surface area (Å²) in [7, 11) is 0. The van der Waals surface area contributed by atoms with E-state index in [1.54, 1.807) is 17.4 Å². The van der Waals surface area contributed by atoms with Crippen LogP contribution in [0.15, 0.2) is 49.1 Å². The number of nitrogens with one attached hydrogen (secondary N) is 1. The molecule has 3 nitrogen and oxygen atoms in total. The second kappa shape index (κ2) is 6.22. The van der Waals surface area contributed by atoms with E-state index in [2.05, 4.69) is 30.1 Å². The molecule has 0 saturated heterocycles. The molecular formula is C17H18N2OS. The van der Waals surface area contributed by atoms with Crippen LogP contribution in [0.2, 0.25) is 0 Å².